The first kappa shape index (κ1) is 23.2. The van der Waals surface area contributed by atoms with Crippen molar-refractivity contribution in [3.8, 4) is 0 Å². The molecule has 0 fully saturated rings. The van der Waals surface area contributed by atoms with E-state index in [1.54, 1.807) is 0 Å². The lowest BCUT2D eigenvalue weighted by Gasteiger charge is -2.13. The molecule has 0 saturated carbocycles. The number of amides is 1. The highest BCUT2D eigenvalue weighted by Gasteiger charge is 2.22. The highest BCUT2D eigenvalue weighted by atomic mass is 32.2. The van der Waals surface area contributed by atoms with Crippen LogP contribution < -0.4 is 16.0 Å². The lowest BCUT2D eigenvalue weighted by Crippen LogP contribution is -2.25. The van der Waals surface area contributed by atoms with Crippen molar-refractivity contribution in [3.63, 3.8) is 0 Å². The summed E-state index contributed by atoms with van der Waals surface area (Å²) in [4.78, 5) is 20.7. The first-order valence-electron chi connectivity index (χ1n) is 7.92. The highest BCUT2D eigenvalue weighted by Crippen LogP contribution is 2.32. The predicted molar refractivity (Wildman–Crippen MR) is 105 cm³/mol. The van der Waals surface area contributed by atoms with Gasteiger partial charge in [-0.3, -0.25) is 24.0 Å². The summed E-state index contributed by atoms with van der Waals surface area (Å²) in [7, 11) is -7.97. The van der Waals surface area contributed by atoms with Gasteiger partial charge in [-0.15, -0.1) is 0 Å². The van der Waals surface area contributed by atoms with Gasteiger partial charge in [0.2, 0.25) is 5.91 Å². The molecule has 2 aromatic rings. The van der Waals surface area contributed by atoms with Crippen molar-refractivity contribution in [2.45, 2.75) is 9.79 Å². The van der Waals surface area contributed by atoms with E-state index in [9.17, 15) is 36.3 Å². The number of benzene rings is 2. The van der Waals surface area contributed by atoms with E-state index < -0.39 is 46.5 Å². The van der Waals surface area contributed by atoms with Crippen LogP contribution in [0.25, 0.3) is 0 Å². The van der Waals surface area contributed by atoms with E-state index in [1.165, 1.54) is 13.1 Å². The molecule has 0 atom stereocenters. The molecular weight excluding hydrogens is 444 g/mol. The van der Waals surface area contributed by atoms with E-state index in [0.717, 1.165) is 24.3 Å². The number of likely N-dealkylation sites (N-methyl/N-ethyl adjacent to an activating group) is 1. The largest absolute Gasteiger partial charge is 0.350 e. The van der Waals surface area contributed by atoms with Crippen molar-refractivity contribution in [2.24, 2.45) is 0 Å². The maximum Gasteiger partial charge on any atom is 0.296 e. The Bertz CT molecular complexity index is 1210. The van der Waals surface area contributed by atoms with Crippen LogP contribution in [-0.4, -0.2) is 50.4 Å². The molecule has 0 radical (unpaired) electrons. The fraction of sp³-hybridized carbons (Fsp3) is 0.133. The van der Waals surface area contributed by atoms with E-state index in [2.05, 4.69) is 16.0 Å². The van der Waals surface area contributed by atoms with E-state index >= 15 is 0 Å². The van der Waals surface area contributed by atoms with Crippen LogP contribution in [0.5, 0.6) is 0 Å². The van der Waals surface area contributed by atoms with Crippen LogP contribution in [0.3, 0.4) is 0 Å². The van der Waals surface area contributed by atoms with Gasteiger partial charge in [0, 0.05) is 11.8 Å². The van der Waals surface area contributed by atoms with Crippen LogP contribution in [0.1, 0.15) is 0 Å². The minimum absolute atomic E-state index is 0.0306. The number of nitro groups is 1. The number of rotatable bonds is 8. The first-order chi connectivity index (χ1) is 13.8. The number of carbonyl (C=O) groups excluding carboxylic acids is 1. The summed E-state index contributed by atoms with van der Waals surface area (Å²) >= 11 is 0. The third-order valence-corrected chi connectivity index (χ3v) is 5.36. The molecule has 162 valence electrons. The number of hydrogen-bond donors (Lipinski definition) is 5. The average Bonchev–Trinajstić information content (AvgIpc) is 2.61. The smallest absolute Gasteiger partial charge is 0.296 e. The molecule has 2 rings (SSSR count). The maximum atomic E-state index is 11.7. The van der Waals surface area contributed by atoms with Gasteiger partial charge >= 0.3 is 0 Å². The van der Waals surface area contributed by atoms with E-state index in [-0.39, 0.29) is 23.6 Å². The second-order valence-corrected chi connectivity index (χ2v) is 8.61. The van der Waals surface area contributed by atoms with Gasteiger partial charge in [0.1, 0.15) is 15.5 Å². The van der Waals surface area contributed by atoms with Crippen LogP contribution >= 0.6 is 0 Å². The summed E-state index contributed by atoms with van der Waals surface area (Å²) in [5, 5.41) is 18.6. The zero-order valence-corrected chi connectivity index (χ0v) is 16.8. The Morgan fingerprint density at radius 2 is 1.67 bits per heavy atom. The molecule has 13 nitrogen and oxygen atoms in total. The van der Waals surface area contributed by atoms with Crippen molar-refractivity contribution in [2.75, 3.05) is 24.2 Å². The number of carbonyl (C=O) groups is 1. The summed E-state index contributed by atoms with van der Waals surface area (Å²) in [6.07, 6.45) is 0. The van der Waals surface area contributed by atoms with Gasteiger partial charge in [0.15, 0.2) is 0 Å². The number of anilines is 3. The molecule has 15 heteroatoms. The fourth-order valence-corrected chi connectivity index (χ4v) is 3.53. The van der Waals surface area contributed by atoms with Crippen LogP contribution in [0.15, 0.2) is 46.2 Å². The highest BCUT2D eigenvalue weighted by molar-refractivity contribution is 7.86. The molecule has 0 aliphatic heterocycles. The van der Waals surface area contributed by atoms with Gasteiger partial charge in [0.05, 0.1) is 17.2 Å². The van der Waals surface area contributed by atoms with Crippen molar-refractivity contribution in [1.29, 1.82) is 0 Å². The summed E-state index contributed by atoms with van der Waals surface area (Å²) < 4.78 is 64.2. The van der Waals surface area contributed by atoms with Crippen LogP contribution in [0.2, 0.25) is 0 Å². The van der Waals surface area contributed by atoms with Gasteiger partial charge in [-0.1, -0.05) is 0 Å². The normalized spacial score (nSPS) is 11.7. The first-order valence-corrected chi connectivity index (χ1v) is 10.8. The second kappa shape index (κ2) is 8.72. The summed E-state index contributed by atoms with van der Waals surface area (Å²) in [6, 6.07) is 5.86. The summed E-state index contributed by atoms with van der Waals surface area (Å²) in [5.74, 6) is -0.584. The molecule has 0 aromatic heterocycles. The Kier molecular flexibility index (Phi) is 6.73. The van der Waals surface area contributed by atoms with E-state index in [0.29, 0.717) is 6.07 Å². The molecule has 0 spiro atoms. The number of hydrogen-bond acceptors (Lipinski definition) is 9. The van der Waals surface area contributed by atoms with Crippen molar-refractivity contribution < 1.29 is 35.7 Å². The van der Waals surface area contributed by atoms with Crippen molar-refractivity contribution in [1.82, 2.24) is 5.32 Å². The van der Waals surface area contributed by atoms with Gasteiger partial charge < -0.3 is 16.0 Å². The molecule has 0 bridgehead atoms. The lowest BCUT2D eigenvalue weighted by molar-refractivity contribution is -0.384. The summed E-state index contributed by atoms with van der Waals surface area (Å²) in [5.41, 5.74) is -1.19. The van der Waals surface area contributed by atoms with E-state index in [4.69, 9.17) is 4.55 Å². The zero-order valence-electron chi connectivity index (χ0n) is 15.2. The molecule has 5 N–H and O–H groups in total. The van der Waals surface area contributed by atoms with Crippen molar-refractivity contribution in [3.05, 3.63) is 46.5 Å². The minimum Gasteiger partial charge on any atom is -0.350 e. The molecule has 0 aliphatic carbocycles. The lowest BCUT2D eigenvalue weighted by atomic mass is 10.2. The zero-order chi connectivity index (χ0) is 22.7. The topological polar surface area (TPSA) is 205 Å². The molecular formula is C15H16N4O9S2. The molecule has 0 heterocycles. The van der Waals surface area contributed by atoms with Crippen LogP contribution in [0, 0.1) is 10.1 Å². The third kappa shape index (κ3) is 5.71. The molecule has 1 amide bonds. The van der Waals surface area contributed by atoms with Crippen LogP contribution in [-0.2, 0) is 25.0 Å². The Balaban J connectivity index is 2.49. The average molecular weight is 460 g/mol. The molecule has 0 saturated heterocycles. The third-order valence-electron chi connectivity index (χ3n) is 3.61. The Hall–Kier alpha value is -3.11. The fourth-order valence-electron chi connectivity index (χ4n) is 2.36. The molecule has 0 aliphatic rings. The van der Waals surface area contributed by atoms with Gasteiger partial charge in [-0.25, -0.2) is 0 Å². The maximum absolute atomic E-state index is 11.7. The van der Waals surface area contributed by atoms with Crippen molar-refractivity contribution >= 4 is 48.9 Å². The standard InChI is InChI=1S/C15H16N4O9S2/c1-16-8-15(20)18-12-4-2-9(6-14(12)30(26,27)28)17-11-5-3-10(29(23,24)25)7-13(11)19(21)22/h2-7,16-17H,8H2,1H3,(H,18,20)(H,23,24,25)(H,26,27,28). The SMILES string of the molecule is CNCC(=O)Nc1ccc(Nc2ccc(S(=O)(=O)O)cc2[N+](=O)[O-])cc1S(=O)(=O)O. The minimum atomic E-state index is -4.78. The van der Waals surface area contributed by atoms with Crippen LogP contribution in [0.4, 0.5) is 22.7 Å². The number of nitrogens with one attached hydrogen (secondary N) is 3. The summed E-state index contributed by atoms with van der Waals surface area (Å²) in [6.45, 7) is -0.128. The number of nitro benzene ring substituents is 1. The Morgan fingerprint density at radius 1 is 1.03 bits per heavy atom. The monoisotopic (exact) mass is 460 g/mol. The molecule has 0 unspecified atom stereocenters. The molecule has 2 aromatic carbocycles. The van der Waals surface area contributed by atoms with Gasteiger partial charge in [-0.05, 0) is 37.4 Å². The van der Waals surface area contributed by atoms with Gasteiger partial charge in [-0.2, -0.15) is 16.8 Å². The predicted octanol–water partition coefficient (Wildman–Crippen LogP) is 0.990. The van der Waals surface area contributed by atoms with E-state index in [1.807, 2.05) is 0 Å². The Labute approximate surface area is 170 Å². The second-order valence-electron chi connectivity index (χ2n) is 5.80. The van der Waals surface area contributed by atoms with Gasteiger partial charge in [0.25, 0.3) is 25.9 Å². The molecule has 30 heavy (non-hydrogen) atoms. The quantitative estimate of drug-likeness (QED) is 0.213. The Morgan fingerprint density at radius 3 is 2.20 bits per heavy atom. The number of nitrogens with zero attached hydrogens (tertiary/aromatic N) is 1.